The highest BCUT2D eigenvalue weighted by molar-refractivity contribution is 5.99. The fourth-order valence-electron chi connectivity index (χ4n) is 2.66. The number of hydrogen-bond acceptors (Lipinski definition) is 4. The van der Waals surface area contributed by atoms with Crippen LogP contribution < -0.4 is 9.47 Å². The second-order valence-corrected chi connectivity index (χ2v) is 7.73. The fraction of sp³-hybridized carbons (Fsp3) is 0.333. The highest BCUT2D eigenvalue weighted by atomic mass is 16.5. The van der Waals surface area contributed by atoms with E-state index >= 15 is 0 Å². The van der Waals surface area contributed by atoms with Gasteiger partial charge in [-0.25, -0.2) is 4.79 Å². The largest absolute Gasteiger partial charge is 0.494 e. The Balaban J connectivity index is 2.23. The number of ether oxygens (including phenoxy) is 2. The van der Waals surface area contributed by atoms with Crippen LogP contribution in [0.25, 0.3) is 6.08 Å². The maximum absolute atomic E-state index is 12.6. The third-order valence-corrected chi connectivity index (χ3v) is 4.15. The monoisotopic (exact) mass is 377 g/mol. The minimum Gasteiger partial charge on any atom is -0.494 e. The Hall–Kier alpha value is -3.06. The Kier molecular flexibility index (Phi) is 7.00. The Labute approximate surface area is 167 Å². The zero-order chi connectivity index (χ0) is 20.7. The summed E-state index contributed by atoms with van der Waals surface area (Å²) in [5, 5.41) is 9.44. The Morgan fingerprint density at radius 2 is 1.82 bits per heavy atom. The van der Waals surface area contributed by atoms with Gasteiger partial charge in [-0.3, -0.25) is 0 Å². The first-order valence-electron chi connectivity index (χ1n) is 9.42. The molecule has 0 atom stereocenters. The van der Waals surface area contributed by atoms with Crippen molar-refractivity contribution in [2.75, 3.05) is 6.61 Å². The maximum Gasteiger partial charge on any atom is 0.354 e. The van der Waals surface area contributed by atoms with Gasteiger partial charge in [0.05, 0.1) is 6.61 Å². The Morgan fingerprint density at radius 1 is 1.14 bits per heavy atom. The summed E-state index contributed by atoms with van der Waals surface area (Å²) in [5.41, 5.74) is 2.51. The molecule has 0 saturated carbocycles. The van der Waals surface area contributed by atoms with Gasteiger partial charge >= 0.3 is 5.97 Å². The van der Waals surface area contributed by atoms with Gasteiger partial charge in [-0.05, 0) is 48.6 Å². The van der Waals surface area contributed by atoms with E-state index in [4.69, 9.17) is 9.47 Å². The molecule has 0 spiro atoms. The van der Waals surface area contributed by atoms with Crippen LogP contribution in [0.2, 0.25) is 0 Å². The van der Waals surface area contributed by atoms with Gasteiger partial charge in [-0.15, -0.1) is 0 Å². The number of aryl methyl sites for hydroxylation is 1. The summed E-state index contributed by atoms with van der Waals surface area (Å²) < 4.78 is 11.1. The molecule has 0 unspecified atom stereocenters. The SMILES string of the molecule is CCCOc1ccc(/C=C(\C#N)C(=O)Oc2ccc(C)cc2C(C)(C)C)cc1. The van der Waals surface area contributed by atoms with Crippen LogP contribution in [-0.4, -0.2) is 12.6 Å². The van der Waals surface area contributed by atoms with Crippen LogP contribution in [0.3, 0.4) is 0 Å². The molecule has 0 N–H and O–H groups in total. The van der Waals surface area contributed by atoms with Gasteiger partial charge in [-0.2, -0.15) is 5.26 Å². The van der Waals surface area contributed by atoms with Crippen molar-refractivity contribution in [1.82, 2.24) is 0 Å². The van der Waals surface area contributed by atoms with E-state index in [0.29, 0.717) is 12.4 Å². The Morgan fingerprint density at radius 3 is 2.39 bits per heavy atom. The number of carbonyl (C=O) groups excluding carboxylic acids is 1. The standard InChI is InChI=1S/C24H27NO3/c1-6-13-27-20-10-8-18(9-11-20)15-19(16-25)23(26)28-22-12-7-17(2)14-21(22)24(3,4)5/h7-12,14-15H,6,13H2,1-5H3/b19-15+. The quantitative estimate of drug-likeness (QED) is 0.285. The van der Waals surface area contributed by atoms with E-state index in [1.165, 1.54) is 6.08 Å². The van der Waals surface area contributed by atoms with Crippen molar-refractivity contribution >= 4 is 12.0 Å². The summed E-state index contributed by atoms with van der Waals surface area (Å²) in [6, 6.07) is 14.9. The number of benzene rings is 2. The van der Waals surface area contributed by atoms with Gasteiger partial charge in [0.25, 0.3) is 0 Å². The van der Waals surface area contributed by atoms with Crippen molar-refractivity contribution in [3.63, 3.8) is 0 Å². The van der Waals surface area contributed by atoms with E-state index in [-0.39, 0.29) is 11.0 Å². The molecule has 0 amide bonds. The molecule has 4 nitrogen and oxygen atoms in total. The summed E-state index contributed by atoms with van der Waals surface area (Å²) in [4.78, 5) is 12.6. The topological polar surface area (TPSA) is 59.3 Å². The van der Waals surface area contributed by atoms with Gasteiger partial charge < -0.3 is 9.47 Å². The minimum absolute atomic E-state index is 0.0531. The molecule has 0 bridgehead atoms. The van der Waals surface area contributed by atoms with Crippen LogP contribution >= 0.6 is 0 Å². The molecule has 0 saturated heterocycles. The number of nitrogens with zero attached hydrogens (tertiary/aromatic N) is 1. The molecule has 2 aromatic rings. The lowest BCUT2D eigenvalue weighted by atomic mass is 9.85. The van der Waals surface area contributed by atoms with Crippen molar-refractivity contribution in [2.24, 2.45) is 0 Å². The lowest BCUT2D eigenvalue weighted by molar-refractivity contribution is -0.129. The summed E-state index contributed by atoms with van der Waals surface area (Å²) in [6.07, 6.45) is 2.46. The summed E-state index contributed by atoms with van der Waals surface area (Å²) >= 11 is 0. The summed E-state index contributed by atoms with van der Waals surface area (Å²) in [6.45, 7) is 10.9. The number of hydrogen-bond donors (Lipinski definition) is 0. The maximum atomic E-state index is 12.6. The first-order valence-corrected chi connectivity index (χ1v) is 9.42. The predicted octanol–water partition coefficient (Wildman–Crippen LogP) is 5.59. The predicted molar refractivity (Wildman–Crippen MR) is 111 cm³/mol. The van der Waals surface area contributed by atoms with Crippen molar-refractivity contribution < 1.29 is 14.3 Å². The lowest BCUT2D eigenvalue weighted by Gasteiger charge is -2.22. The molecule has 0 heterocycles. The number of esters is 1. The molecular weight excluding hydrogens is 350 g/mol. The molecule has 2 aromatic carbocycles. The molecule has 0 aliphatic heterocycles. The van der Waals surface area contributed by atoms with Crippen molar-refractivity contribution in [1.29, 1.82) is 5.26 Å². The normalized spacial score (nSPS) is 11.6. The molecule has 0 fully saturated rings. The van der Waals surface area contributed by atoms with E-state index in [1.54, 1.807) is 6.07 Å². The van der Waals surface area contributed by atoms with Crippen molar-refractivity contribution in [2.45, 2.75) is 46.5 Å². The average molecular weight is 377 g/mol. The highest BCUT2D eigenvalue weighted by Gasteiger charge is 2.22. The number of carbonyl (C=O) groups is 1. The third kappa shape index (κ3) is 5.72. The lowest BCUT2D eigenvalue weighted by Crippen LogP contribution is -2.17. The van der Waals surface area contributed by atoms with Gasteiger partial charge in [0, 0.05) is 5.56 Å². The van der Waals surface area contributed by atoms with Crippen molar-refractivity contribution in [3.8, 4) is 17.6 Å². The first kappa shape index (κ1) is 21.2. The second-order valence-electron chi connectivity index (χ2n) is 7.73. The molecule has 0 aliphatic carbocycles. The van der Waals surface area contributed by atoms with Crippen LogP contribution in [0.15, 0.2) is 48.0 Å². The average Bonchev–Trinajstić information content (AvgIpc) is 2.65. The van der Waals surface area contributed by atoms with Crippen LogP contribution in [0.4, 0.5) is 0 Å². The number of nitriles is 1. The summed E-state index contributed by atoms with van der Waals surface area (Å²) in [5.74, 6) is 0.574. The second kappa shape index (κ2) is 9.23. The Bertz CT molecular complexity index is 897. The zero-order valence-electron chi connectivity index (χ0n) is 17.2. The molecular formula is C24H27NO3. The molecule has 0 aliphatic rings. The first-order chi connectivity index (χ1) is 13.2. The smallest absolute Gasteiger partial charge is 0.354 e. The van der Waals surface area contributed by atoms with E-state index in [0.717, 1.165) is 28.9 Å². The van der Waals surface area contributed by atoms with Gasteiger partial charge in [0.1, 0.15) is 23.1 Å². The van der Waals surface area contributed by atoms with Crippen LogP contribution in [0.1, 0.15) is 50.8 Å². The van der Waals surface area contributed by atoms with E-state index < -0.39 is 5.97 Å². The zero-order valence-corrected chi connectivity index (χ0v) is 17.2. The fourth-order valence-corrected chi connectivity index (χ4v) is 2.66. The van der Waals surface area contributed by atoms with Gasteiger partial charge in [-0.1, -0.05) is 57.5 Å². The highest BCUT2D eigenvalue weighted by Crippen LogP contribution is 2.32. The van der Waals surface area contributed by atoms with Crippen LogP contribution in [-0.2, 0) is 10.2 Å². The minimum atomic E-state index is -0.664. The van der Waals surface area contributed by atoms with E-state index in [2.05, 4.69) is 20.8 Å². The van der Waals surface area contributed by atoms with E-state index in [1.807, 2.05) is 56.3 Å². The van der Waals surface area contributed by atoms with Gasteiger partial charge in [0.2, 0.25) is 0 Å². The summed E-state index contributed by atoms with van der Waals surface area (Å²) in [7, 11) is 0. The van der Waals surface area contributed by atoms with E-state index in [9.17, 15) is 10.1 Å². The van der Waals surface area contributed by atoms with Crippen LogP contribution in [0, 0.1) is 18.3 Å². The third-order valence-electron chi connectivity index (χ3n) is 4.15. The molecule has 28 heavy (non-hydrogen) atoms. The molecule has 0 radical (unpaired) electrons. The molecule has 4 heteroatoms. The number of rotatable bonds is 6. The molecule has 0 aromatic heterocycles. The van der Waals surface area contributed by atoms with Crippen molar-refractivity contribution in [3.05, 3.63) is 64.7 Å². The van der Waals surface area contributed by atoms with Crippen LogP contribution in [0.5, 0.6) is 11.5 Å². The molecule has 2 rings (SSSR count). The molecule has 146 valence electrons. The van der Waals surface area contributed by atoms with Gasteiger partial charge in [0.15, 0.2) is 0 Å².